The number of rotatable bonds is 7. The Hall–Kier alpha value is -3.69. The topological polar surface area (TPSA) is 101 Å². The lowest BCUT2D eigenvalue weighted by atomic mass is 10.0. The molecule has 9 heteroatoms. The van der Waals surface area contributed by atoms with E-state index < -0.39 is 16.0 Å². The van der Waals surface area contributed by atoms with Crippen molar-refractivity contribution < 1.29 is 17.9 Å². The number of fused-ring (bicyclic) bond motifs is 2. The number of sulfonamides is 1. The maximum Gasteiger partial charge on any atom is 0.338 e. The van der Waals surface area contributed by atoms with Crippen LogP contribution in [0.25, 0.3) is 11.0 Å². The molecule has 35 heavy (non-hydrogen) atoms. The smallest absolute Gasteiger partial charge is 0.338 e. The van der Waals surface area contributed by atoms with Crippen LogP contribution in [-0.4, -0.2) is 41.4 Å². The zero-order valence-corrected chi connectivity index (χ0v) is 19.8. The lowest BCUT2D eigenvalue weighted by Gasteiger charge is -2.28. The first-order valence-electron chi connectivity index (χ1n) is 11.5. The van der Waals surface area contributed by atoms with Crippen LogP contribution >= 0.6 is 0 Å². The molecule has 0 fully saturated rings. The molecule has 1 aromatic heterocycles. The second-order valence-electron chi connectivity index (χ2n) is 8.47. The fourth-order valence-corrected chi connectivity index (χ4v) is 5.81. The number of para-hydroxylation sites is 2. The molecule has 1 N–H and O–H groups in total. The molecule has 1 aliphatic rings. The van der Waals surface area contributed by atoms with Crippen molar-refractivity contribution in [3.63, 3.8) is 0 Å². The molecule has 0 radical (unpaired) electrons. The van der Waals surface area contributed by atoms with Gasteiger partial charge in [-0.05, 0) is 60.4 Å². The lowest BCUT2D eigenvalue weighted by molar-refractivity contribution is 0.0496. The molecular weight excluding hydrogens is 466 g/mol. The Bertz CT molecular complexity index is 1540. The second-order valence-corrected chi connectivity index (χ2v) is 10.4. The van der Waals surface area contributed by atoms with Crippen LogP contribution in [0.5, 0.6) is 0 Å². The Kier molecular flexibility index (Phi) is 6.27. The van der Waals surface area contributed by atoms with Crippen LogP contribution in [0, 0.1) is 0 Å². The summed E-state index contributed by atoms with van der Waals surface area (Å²) in [6.45, 7) is 1.30. The molecule has 0 atom stereocenters. The van der Waals surface area contributed by atoms with Crippen molar-refractivity contribution in [1.29, 1.82) is 0 Å². The number of esters is 1. The number of benzene rings is 3. The molecule has 1 aliphatic heterocycles. The van der Waals surface area contributed by atoms with Gasteiger partial charge < -0.3 is 9.72 Å². The Morgan fingerprint density at radius 2 is 1.66 bits per heavy atom. The first kappa shape index (κ1) is 23.1. The van der Waals surface area contributed by atoms with Gasteiger partial charge in [0.2, 0.25) is 10.0 Å². The average Bonchev–Trinajstić information content (AvgIpc) is 3.21. The number of aromatic nitrogens is 2. The summed E-state index contributed by atoms with van der Waals surface area (Å²) in [7, 11) is -3.67. The van der Waals surface area contributed by atoms with Crippen LogP contribution in [-0.2, 0) is 34.3 Å². The Labute approximate surface area is 202 Å². The molecule has 4 aromatic rings. The number of carbonyl (C=O) groups is 1. The number of imidazole rings is 1. The standard InChI is InChI=1S/C26H25N3O5S/c30-25(34-17-5-15-29-24-9-4-3-8-23(24)27-26(29)31)20-10-12-22(13-11-20)35(32,33)28-16-14-19-6-1-2-7-21(19)18-28/h1-4,6-13H,5,14-18H2,(H,27,31). The molecule has 0 aliphatic carbocycles. The molecule has 0 saturated heterocycles. The number of aryl methyl sites for hydroxylation is 1. The fraction of sp³-hybridized carbons (Fsp3) is 0.231. The monoisotopic (exact) mass is 491 g/mol. The minimum atomic E-state index is -3.67. The highest BCUT2D eigenvalue weighted by Gasteiger charge is 2.28. The highest BCUT2D eigenvalue weighted by Crippen LogP contribution is 2.25. The third-order valence-corrected chi connectivity index (χ3v) is 8.12. The summed E-state index contributed by atoms with van der Waals surface area (Å²) in [4.78, 5) is 27.5. The number of hydrogen-bond acceptors (Lipinski definition) is 5. The van der Waals surface area contributed by atoms with E-state index in [2.05, 4.69) is 4.98 Å². The van der Waals surface area contributed by atoms with Crippen LogP contribution in [0.3, 0.4) is 0 Å². The van der Waals surface area contributed by atoms with Gasteiger partial charge in [0.25, 0.3) is 0 Å². The van der Waals surface area contributed by atoms with Crippen LogP contribution in [0.4, 0.5) is 0 Å². The van der Waals surface area contributed by atoms with E-state index in [0.717, 1.165) is 16.6 Å². The maximum atomic E-state index is 13.1. The van der Waals surface area contributed by atoms with Gasteiger partial charge in [0.15, 0.2) is 0 Å². The van der Waals surface area contributed by atoms with Crippen molar-refractivity contribution in [3.05, 3.63) is 100.0 Å². The number of nitrogens with one attached hydrogen (secondary N) is 1. The van der Waals surface area contributed by atoms with Crippen LogP contribution in [0.15, 0.2) is 82.5 Å². The molecule has 8 nitrogen and oxygen atoms in total. The number of aromatic amines is 1. The Morgan fingerprint density at radius 3 is 2.46 bits per heavy atom. The Balaban J connectivity index is 1.18. The molecule has 0 amide bonds. The van der Waals surface area contributed by atoms with E-state index >= 15 is 0 Å². The van der Waals surface area contributed by atoms with Crippen molar-refractivity contribution in [3.8, 4) is 0 Å². The molecule has 2 heterocycles. The maximum absolute atomic E-state index is 13.1. The number of nitrogens with zero attached hydrogens (tertiary/aromatic N) is 2. The lowest BCUT2D eigenvalue weighted by Crippen LogP contribution is -2.35. The summed E-state index contributed by atoms with van der Waals surface area (Å²) in [5.41, 5.74) is 3.82. The highest BCUT2D eigenvalue weighted by atomic mass is 32.2. The van der Waals surface area contributed by atoms with Gasteiger partial charge in [-0.1, -0.05) is 36.4 Å². The quantitative estimate of drug-likeness (QED) is 0.316. The summed E-state index contributed by atoms with van der Waals surface area (Å²) in [6, 6.07) is 21.1. The first-order valence-corrected chi connectivity index (χ1v) is 12.9. The normalized spacial score (nSPS) is 14.1. The summed E-state index contributed by atoms with van der Waals surface area (Å²) >= 11 is 0. The van der Waals surface area contributed by atoms with E-state index in [1.807, 2.05) is 48.5 Å². The zero-order valence-electron chi connectivity index (χ0n) is 19.0. The summed E-state index contributed by atoms with van der Waals surface area (Å²) < 4.78 is 34.6. The number of carbonyl (C=O) groups excluding carboxylic acids is 1. The van der Waals surface area contributed by atoms with Gasteiger partial charge >= 0.3 is 11.7 Å². The van der Waals surface area contributed by atoms with Crippen molar-refractivity contribution in [2.24, 2.45) is 0 Å². The molecule has 0 unspecified atom stereocenters. The number of hydrogen-bond donors (Lipinski definition) is 1. The van der Waals surface area contributed by atoms with E-state index in [9.17, 15) is 18.0 Å². The van der Waals surface area contributed by atoms with E-state index in [0.29, 0.717) is 32.5 Å². The van der Waals surface area contributed by atoms with Gasteiger partial charge in [0, 0.05) is 19.6 Å². The van der Waals surface area contributed by atoms with Crippen molar-refractivity contribution in [2.75, 3.05) is 13.2 Å². The molecule has 0 saturated carbocycles. The van der Waals surface area contributed by atoms with Gasteiger partial charge in [0.05, 0.1) is 28.1 Å². The minimum Gasteiger partial charge on any atom is -0.462 e. The first-order chi connectivity index (χ1) is 16.9. The van der Waals surface area contributed by atoms with Crippen LogP contribution < -0.4 is 5.69 Å². The van der Waals surface area contributed by atoms with Crippen LogP contribution in [0.2, 0.25) is 0 Å². The Morgan fingerprint density at radius 1 is 0.943 bits per heavy atom. The number of ether oxygens (including phenoxy) is 1. The van der Waals surface area contributed by atoms with Crippen molar-refractivity contribution in [2.45, 2.75) is 30.8 Å². The van der Waals surface area contributed by atoms with E-state index in [1.165, 1.54) is 34.1 Å². The molecule has 0 spiro atoms. The third-order valence-electron chi connectivity index (χ3n) is 6.26. The van der Waals surface area contributed by atoms with Crippen molar-refractivity contribution >= 4 is 27.0 Å². The molecule has 0 bridgehead atoms. The summed E-state index contributed by atoms with van der Waals surface area (Å²) in [6.07, 6.45) is 1.14. The minimum absolute atomic E-state index is 0.137. The van der Waals surface area contributed by atoms with Gasteiger partial charge in [-0.3, -0.25) is 4.57 Å². The molecule has 3 aromatic carbocycles. The number of H-pyrrole nitrogens is 1. The zero-order chi connectivity index (χ0) is 24.4. The molecule has 5 rings (SSSR count). The molecular formula is C26H25N3O5S. The molecule has 180 valence electrons. The SMILES string of the molecule is O=C(OCCCn1c(=O)[nH]c2ccccc21)c1ccc(S(=O)(=O)N2CCc3ccccc3C2)cc1. The van der Waals surface area contributed by atoms with Crippen LogP contribution in [0.1, 0.15) is 27.9 Å². The average molecular weight is 492 g/mol. The van der Waals surface area contributed by atoms with Crippen molar-refractivity contribution in [1.82, 2.24) is 13.9 Å². The second kappa shape index (κ2) is 9.52. The fourth-order valence-electron chi connectivity index (χ4n) is 4.39. The largest absolute Gasteiger partial charge is 0.462 e. The van der Waals surface area contributed by atoms with Gasteiger partial charge in [0.1, 0.15) is 0 Å². The van der Waals surface area contributed by atoms with E-state index in [-0.39, 0.29) is 22.8 Å². The summed E-state index contributed by atoms with van der Waals surface area (Å²) in [5.74, 6) is -0.535. The predicted octanol–water partition coefficient (Wildman–Crippen LogP) is 3.32. The van der Waals surface area contributed by atoms with E-state index in [1.54, 1.807) is 4.57 Å². The highest BCUT2D eigenvalue weighted by molar-refractivity contribution is 7.89. The van der Waals surface area contributed by atoms with E-state index in [4.69, 9.17) is 4.74 Å². The third kappa shape index (κ3) is 4.65. The van der Waals surface area contributed by atoms with Gasteiger partial charge in [-0.25, -0.2) is 18.0 Å². The summed E-state index contributed by atoms with van der Waals surface area (Å²) in [5, 5.41) is 0. The van der Waals surface area contributed by atoms with Gasteiger partial charge in [-0.2, -0.15) is 4.31 Å². The predicted molar refractivity (Wildman–Crippen MR) is 132 cm³/mol. The van der Waals surface area contributed by atoms with Gasteiger partial charge in [-0.15, -0.1) is 0 Å².